The number of halogens is 1. The molecule has 1 fully saturated rings. The van der Waals surface area contributed by atoms with Gasteiger partial charge in [-0.3, -0.25) is 11.3 Å². The average molecular weight is 358 g/mol. The van der Waals surface area contributed by atoms with Crippen molar-refractivity contribution in [2.45, 2.75) is 40.2 Å². The molecule has 1 atom stereocenters. The van der Waals surface area contributed by atoms with E-state index in [2.05, 4.69) is 80.0 Å². The van der Waals surface area contributed by atoms with E-state index < -0.39 is 0 Å². The van der Waals surface area contributed by atoms with Crippen LogP contribution in [0.5, 0.6) is 0 Å². The SMILES string of the molecule is CC1(C)C(C(Cc2ccc(I)cc2)NN)C1(C)C. The van der Waals surface area contributed by atoms with Gasteiger partial charge >= 0.3 is 0 Å². The Morgan fingerprint density at radius 3 is 2.06 bits per heavy atom. The number of benzene rings is 1. The van der Waals surface area contributed by atoms with Crippen LogP contribution >= 0.6 is 22.6 Å². The molecule has 2 rings (SSSR count). The topological polar surface area (TPSA) is 38.0 Å². The van der Waals surface area contributed by atoms with Gasteiger partial charge in [-0.1, -0.05) is 39.8 Å². The van der Waals surface area contributed by atoms with Crippen molar-refractivity contribution >= 4 is 22.6 Å². The number of nitrogens with one attached hydrogen (secondary N) is 1. The third kappa shape index (κ3) is 2.32. The van der Waals surface area contributed by atoms with Crippen LogP contribution in [0, 0.1) is 20.3 Å². The lowest BCUT2D eigenvalue weighted by Gasteiger charge is -2.18. The minimum atomic E-state index is 0.357. The highest BCUT2D eigenvalue weighted by molar-refractivity contribution is 14.1. The fourth-order valence-corrected chi connectivity index (χ4v) is 3.76. The second kappa shape index (κ2) is 4.76. The van der Waals surface area contributed by atoms with E-state index in [1.165, 1.54) is 9.13 Å². The summed E-state index contributed by atoms with van der Waals surface area (Å²) in [6.07, 6.45) is 1.00. The van der Waals surface area contributed by atoms with Crippen LogP contribution in [0.4, 0.5) is 0 Å². The standard InChI is InChI=1S/C15H23IN2/c1-14(2)13(15(14,3)4)12(18-17)9-10-5-7-11(16)8-6-10/h5-8,12-13,18H,9,17H2,1-4H3. The van der Waals surface area contributed by atoms with Crippen LogP contribution in [-0.2, 0) is 6.42 Å². The fourth-order valence-electron chi connectivity index (χ4n) is 3.40. The third-order valence-corrected chi connectivity index (χ3v) is 5.84. The number of rotatable bonds is 4. The molecule has 0 aromatic heterocycles. The molecule has 100 valence electrons. The van der Waals surface area contributed by atoms with E-state index in [1.807, 2.05) is 0 Å². The van der Waals surface area contributed by atoms with Crippen molar-refractivity contribution in [1.29, 1.82) is 0 Å². The van der Waals surface area contributed by atoms with Crippen LogP contribution in [0.2, 0.25) is 0 Å². The summed E-state index contributed by atoms with van der Waals surface area (Å²) >= 11 is 2.34. The summed E-state index contributed by atoms with van der Waals surface area (Å²) in [6.45, 7) is 9.37. The van der Waals surface area contributed by atoms with Gasteiger partial charge in [-0.25, -0.2) is 0 Å². The van der Waals surface area contributed by atoms with Gasteiger partial charge in [-0.05, 0) is 63.5 Å². The second-order valence-electron chi connectivity index (χ2n) is 6.52. The van der Waals surface area contributed by atoms with Crippen LogP contribution in [0.1, 0.15) is 33.3 Å². The van der Waals surface area contributed by atoms with Gasteiger partial charge < -0.3 is 0 Å². The Labute approximate surface area is 124 Å². The lowest BCUT2D eigenvalue weighted by molar-refractivity contribution is 0.402. The predicted octanol–water partition coefficient (Wildman–Crippen LogP) is 3.35. The zero-order chi connectivity index (χ0) is 13.6. The minimum Gasteiger partial charge on any atom is -0.271 e. The Morgan fingerprint density at radius 1 is 1.17 bits per heavy atom. The zero-order valence-electron chi connectivity index (χ0n) is 11.6. The quantitative estimate of drug-likeness (QED) is 0.492. The molecule has 0 heterocycles. The van der Waals surface area contributed by atoms with E-state index in [-0.39, 0.29) is 0 Å². The summed E-state index contributed by atoms with van der Waals surface area (Å²) in [6, 6.07) is 9.08. The molecule has 0 radical (unpaired) electrons. The van der Waals surface area contributed by atoms with Gasteiger partial charge in [0.25, 0.3) is 0 Å². The predicted molar refractivity (Wildman–Crippen MR) is 85.0 cm³/mol. The summed E-state index contributed by atoms with van der Waals surface area (Å²) in [5.74, 6) is 6.42. The summed E-state index contributed by atoms with van der Waals surface area (Å²) < 4.78 is 1.28. The number of hydrazine groups is 1. The Balaban J connectivity index is 2.10. The van der Waals surface area contributed by atoms with Crippen molar-refractivity contribution in [2.75, 3.05) is 0 Å². The zero-order valence-corrected chi connectivity index (χ0v) is 13.8. The van der Waals surface area contributed by atoms with E-state index in [0.717, 1.165) is 6.42 Å². The molecule has 1 unspecified atom stereocenters. The van der Waals surface area contributed by atoms with Gasteiger partial charge in [0.1, 0.15) is 0 Å². The smallest absolute Gasteiger partial charge is 0.0289 e. The molecule has 0 amide bonds. The Bertz CT molecular complexity index is 409. The molecule has 0 saturated heterocycles. The first-order valence-electron chi connectivity index (χ1n) is 6.51. The Kier molecular flexibility index (Phi) is 3.78. The summed E-state index contributed by atoms with van der Waals surface area (Å²) in [4.78, 5) is 0. The third-order valence-electron chi connectivity index (χ3n) is 5.12. The highest BCUT2D eigenvalue weighted by atomic mass is 127. The highest BCUT2D eigenvalue weighted by Gasteiger charge is 2.66. The first-order valence-corrected chi connectivity index (χ1v) is 7.59. The first kappa shape index (κ1) is 14.3. The molecule has 1 aromatic carbocycles. The lowest BCUT2D eigenvalue weighted by atomic mass is 9.97. The normalized spacial score (nSPS) is 22.8. The van der Waals surface area contributed by atoms with Crippen molar-refractivity contribution in [2.24, 2.45) is 22.6 Å². The van der Waals surface area contributed by atoms with Crippen LogP contribution in [0.3, 0.4) is 0 Å². The molecular formula is C15H23IN2. The molecule has 3 heteroatoms. The molecule has 1 aliphatic carbocycles. The van der Waals surface area contributed by atoms with E-state index in [0.29, 0.717) is 22.8 Å². The van der Waals surface area contributed by atoms with Crippen LogP contribution in [-0.4, -0.2) is 6.04 Å². The molecule has 0 spiro atoms. The maximum absolute atomic E-state index is 5.78. The Morgan fingerprint density at radius 2 is 1.67 bits per heavy atom. The second-order valence-corrected chi connectivity index (χ2v) is 7.77. The van der Waals surface area contributed by atoms with Gasteiger partial charge in [0.05, 0.1) is 0 Å². The van der Waals surface area contributed by atoms with Gasteiger partial charge in [0, 0.05) is 9.61 Å². The van der Waals surface area contributed by atoms with Crippen molar-refractivity contribution in [3.63, 3.8) is 0 Å². The van der Waals surface area contributed by atoms with Gasteiger partial charge in [0.2, 0.25) is 0 Å². The molecular weight excluding hydrogens is 335 g/mol. The molecule has 0 aliphatic heterocycles. The van der Waals surface area contributed by atoms with Gasteiger partial charge in [-0.15, -0.1) is 0 Å². The van der Waals surface area contributed by atoms with Crippen molar-refractivity contribution in [3.05, 3.63) is 33.4 Å². The molecule has 3 N–H and O–H groups in total. The number of nitrogens with two attached hydrogens (primary N) is 1. The molecule has 1 aromatic rings. The van der Waals surface area contributed by atoms with Crippen LogP contribution < -0.4 is 11.3 Å². The Hall–Kier alpha value is -0.130. The van der Waals surface area contributed by atoms with E-state index in [4.69, 9.17) is 5.84 Å². The van der Waals surface area contributed by atoms with E-state index >= 15 is 0 Å². The van der Waals surface area contributed by atoms with Crippen molar-refractivity contribution in [3.8, 4) is 0 Å². The van der Waals surface area contributed by atoms with Crippen molar-refractivity contribution < 1.29 is 0 Å². The summed E-state index contributed by atoms with van der Waals surface area (Å²) in [5.41, 5.74) is 5.13. The summed E-state index contributed by atoms with van der Waals surface area (Å²) in [5, 5.41) is 0. The maximum Gasteiger partial charge on any atom is 0.0289 e. The lowest BCUT2D eigenvalue weighted by Crippen LogP contribution is -2.40. The minimum absolute atomic E-state index is 0.357. The molecule has 1 saturated carbocycles. The molecule has 18 heavy (non-hydrogen) atoms. The van der Waals surface area contributed by atoms with E-state index in [1.54, 1.807) is 0 Å². The van der Waals surface area contributed by atoms with Gasteiger partial charge in [0.15, 0.2) is 0 Å². The first-order chi connectivity index (χ1) is 8.30. The molecule has 2 nitrogen and oxygen atoms in total. The van der Waals surface area contributed by atoms with Crippen molar-refractivity contribution in [1.82, 2.24) is 5.43 Å². The number of hydrogen-bond donors (Lipinski definition) is 2. The van der Waals surface area contributed by atoms with Gasteiger partial charge in [-0.2, -0.15) is 0 Å². The van der Waals surface area contributed by atoms with E-state index in [9.17, 15) is 0 Å². The fraction of sp³-hybridized carbons (Fsp3) is 0.600. The molecule has 0 bridgehead atoms. The average Bonchev–Trinajstić information content (AvgIpc) is 2.70. The number of hydrogen-bond acceptors (Lipinski definition) is 2. The maximum atomic E-state index is 5.78. The highest BCUT2D eigenvalue weighted by Crippen LogP contribution is 2.69. The molecule has 1 aliphatic rings. The largest absolute Gasteiger partial charge is 0.271 e. The monoisotopic (exact) mass is 358 g/mol. The van der Waals surface area contributed by atoms with Crippen LogP contribution in [0.15, 0.2) is 24.3 Å². The van der Waals surface area contributed by atoms with Crippen LogP contribution in [0.25, 0.3) is 0 Å². The summed E-state index contributed by atoms with van der Waals surface area (Å²) in [7, 11) is 0.